The van der Waals surface area contributed by atoms with Crippen LogP contribution in [0.1, 0.15) is 19.4 Å². The molecule has 1 heterocycles. The number of likely N-dealkylation sites (N-methyl/N-ethyl adjacent to an activating group) is 1. The van der Waals surface area contributed by atoms with Crippen molar-refractivity contribution >= 4 is 28.9 Å². The van der Waals surface area contributed by atoms with Crippen molar-refractivity contribution in [2.75, 3.05) is 11.9 Å². The molecule has 1 rings (SSSR count). The van der Waals surface area contributed by atoms with Gasteiger partial charge in [0, 0.05) is 6.54 Å². The Kier molecular flexibility index (Phi) is 4.77. The molecule has 6 nitrogen and oxygen atoms in total. The van der Waals surface area contributed by atoms with E-state index in [1.807, 2.05) is 6.92 Å². The van der Waals surface area contributed by atoms with E-state index in [0.717, 1.165) is 0 Å². The first-order chi connectivity index (χ1) is 8.06. The smallest absolute Gasteiger partial charge is 0.242 e. The van der Waals surface area contributed by atoms with Crippen LogP contribution < -0.4 is 16.4 Å². The van der Waals surface area contributed by atoms with Crippen LogP contribution in [0.15, 0.2) is 12.3 Å². The molecule has 1 atom stereocenters. The molecule has 0 aliphatic carbocycles. The highest BCUT2D eigenvalue weighted by Crippen LogP contribution is 2.11. The number of aromatic nitrogens is 2. The summed E-state index contributed by atoms with van der Waals surface area (Å²) in [5.74, 6) is 0.297. The fourth-order valence-corrected chi connectivity index (χ4v) is 1.40. The van der Waals surface area contributed by atoms with Crippen molar-refractivity contribution in [3.05, 3.63) is 17.8 Å². The van der Waals surface area contributed by atoms with Gasteiger partial charge in [0.2, 0.25) is 5.91 Å². The quantitative estimate of drug-likeness (QED) is 0.642. The SMILES string of the molecule is CCNC(=O)C(C)Nc1nnccc1C(N)=S. The van der Waals surface area contributed by atoms with Crippen LogP contribution in [-0.4, -0.2) is 33.7 Å². The van der Waals surface area contributed by atoms with Crippen LogP contribution in [0.3, 0.4) is 0 Å². The predicted molar refractivity (Wildman–Crippen MR) is 69.7 cm³/mol. The molecule has 0 saturated carbocycles. The summed E-state index contributed by atoms with van der Waals surface area (Å²) < 4.78 is 0. The van der Waals surface area contributed by atoms with E-state index in [1.54, 1.807) is 13.0 Å². The van der Waals surface area contributed by atoms with Crippen LogP contribution in [0.25, 0.3) is 0 Å². The van der Waals surface area contributed by atoms with Gasteiger partial charge in [0.05, 0.1) is 11.8 Å². The average molecular weight is 253 g/mol. The summed E-state index contributed by atoms with van der Waals surface area (Å²) in [6.07, 6.45) is 1.50. The Morgan fingerprint density at radius 1 is 1.65 bits per heavy atom. The number of carbonyl (C=O) groups excluding carboxylic acids is 1. The van der Waals surface area contributed by atoms with Crippen LogP contribution in [0.2, 0.25) is 0 Å². The Labute approximate surface area is 105 Å². The molecular weight excluding hydrogens is 238 g/mol. The minimum Gasteiger partial charge on any atom is -0.389 e. The highest BCUT2D eigenvalue weighted by molar-refractivity contribution is 7.80. The number of rotatable bonds is 5. The minimum atomic E-state index is -0.431. The van der Waals surface area contributed by atoms with E-state index in [4.69, 9.17) is 18.0 Å². The normalized spacial score (nSPS) is 11.6. The number of carbonyl (C=O) groups is 1. The molecule has 1 aromatic heterocycles. The van der Waals surface area contributed by atoms with Crippen molar-refractivity contribution in [3.8, 4) is 0 Å². The summed E-state index contributed by atoms with van der Waals surface area (Å²) in [4.78, 5) is 11.8. The molecule has 0 bridgehead atoms. The molecule has 0 aliphatic rings. The van der Waals surface area contributed by atoms with Crippen LogP contribution >= 0.6 is 12.2 Å². The van der Waals surface area contributed by atoms with E-state index in [1.165, 1.54) is 6.20 Å². The zero-order valence-corrected chi connectivity index (χ0v) is 10.5. The molecule has 1 amide bonds. The van der Waals surface area contributed by atoms with E-state index in [2.05, 4.69) is 20.8 Å². The Hall–Kier alpha value is -1.76. The Morgan fingerprint density at radius 3 is 2.94 bits per heavy atom. The van der Waals surface area contributed by atoms with Gasteiger partial charge >= 0.3 is 0 Å². The van der Waals surface area contributed by atoms with E-state index in [0.29, 0.717) is 17.9 Å². The summed E-state index contributed by atoms with van der Waals surface area (Å²) in [6.45, 7) is 4.16. The molecule has 0 aliphatic heterocycles. The van der Waals surface area contributed by atoms with Crippen molar-refractivity contribution in [1.82, 2.24) is 15.5 Å². The molecule has 1 aromatic rings. The van der Waals surface area contributed by atoms with E-state index >= 15 is 0 Å². The van der Waals surface area contributed by atoms with E-state index in [-0.39, 0.29) is 10.9 Å². The summed E-state index contributed by atoms with van der Waals surface area (Å²) in [5, 5.41) is 13.2. The lowest BCUT2D eigenvalue weighted by Crippen LogP contribution is -2.38. The second-order valence-corrected chi connectivity index (χ2v) is 3.86. The Bertz CT molecular complexity index is 423. The molecule has 0 spiro atoms. The third kappa shape index (κ3) is 3.63. The maximum atomic E-state index is 11.5. The fourth-order valence-electron chi connectivity index (χ4n) is 1.24. The second kappa shape index (κ2) is 6.09. The third-order valence-electron chi connectivity index (χ3n) is 2.08. The molecule has 0 aromatic carbocycles. The molecular formula is C10H15N5OS. The van der Waals surface area contributed by atoms with Crippen molar-refractivity contribution in [3.63, 3.8) is 0 Å². The van der Waals surface area contributed by atoms with Crippen molar-refractivity contribution in [2.45, 2.75) is 19.9 Å². The summed E-state index contributed by atoms with van der Waals surface area (Å²) >= 11 is 4.89. The first kappa shape index (κ1) is 13.3. The first-order valence-electron chi connectivity index (χ1n) is 5.22. The third-order valence-corrected chi connectivity index (χ3v) is 2.30. The topological polar surface area (TPSA) is 92.9 Å². The Balaban J connectivity index is 2.81. The van der Waals surface area contributed by atoms with Gasteiger partial charge in [-0.05, 0) is 19.9 Å². The van der Waals surface area contributed by atoms with Crippen LogP contribution in [0.5, 0.6) is 0 Å². The lowest BCUT2D eigenvalue weighted by molar-refractivity contribution is -0.121. The van der Waals surface area contributed by atoms with E-state index < -0.39 is 6.04 Å². The number of anilines is 1. The minimum absolute atomic E-state index is 0.118. The van der Waals surface area contributed by atoms with Gasteiger partial charge in [0.15, 0.2) is 5.82 Å². The first-order valence-corrected chi connectivity index (χ1v) is 5.62. The van der Waals surface area contributed by atoms with Gasteiger partial charge < -0.3 is 16.4 Å². The molecule has 17 heavy (non-hydrogen) atoms. The molecule has 4 N–H and O–H groups in total. The lowest BCUT2D eigenvalue weighted by Gasteiger charge is -2.15. The van der Waals surface area contributed by atoms with Gasteiger partial charge in [-0.15, -0.1) is 5.10 Å². The molecule has 92 valence electrons. The van der Waals surface area contributed by atoms with Gasteiger partial charge in [0.1, 0.15) is 11.0 Å². The number of hydrogen-bond donors (Lipinski definition) is 3. The number of nitrogens with two attached hydrogens (primary N) is 1. The van der Waals surface area contributed by atoms with Gasteiger partial charge in [-0.3, -0.25) is 4.79 Å². The zero-order valence-electron chi connectivity index (χ0n) is 9.73. The Morgan fingerprint density at radius 2 is 2.35 bits per heavy atom. The number of nitrogens with zero attached hydrogens (tertiary/aromatic N) is 2. The van der Waals surface area contributed by atoms with Gasteiger partial charge in [-0.2, -0.15) is 5.10 Å². The zero-order chi connectivity index (χ0) is 12.8. The second-order valence-electron chi connectivity index (χ2n) is 3.42. The maximum absolute atomic E-state index is 11.5. The number of hydrogen-bond acceptors (Lipinski definition) is 5. The molecule has 0 radical (unpaired) electrons. The largest absolute Gasteiger partial charge is 0.389 e. The summed E-state index contributed by atoms with van der Waals surface area (Å²) in [5.41, 5.74) is 6.12. The predicted octanol–water partition coefficient (Wildman–Crippen LogP) is 0.0473. The standard InChI is InChI=1S/C10H15N5OS/c1-3-12-10(16)6(2)14-9-7(8(11)17)4-5-13-15-9/h4-6H,3H2,1-2H3,(H2,11,17)(H,12,16)(H,14,15). The number of nitrogens with one attached hydrogen (secondary N) is 2. The monoisotopic (exact) mass is 253 g/mol. The molecule has 7 heteroatoms. The van der Waals surface area contributed by atoms with Gasteiger partial charge in [0.25, 0.3) is 0 Å². The van der Waals surface area contributed by atoms with Crippen molar-refractivity contribution in [1.29, 1.82) is 0 Å². The molecule has 0 saturated heterocycles. The number of thiocarbonyl (C=S) groups is 1. The van der Waals surface area contributed by atoms with Crippen LogP contribution in [-0.2, 0) is 4.79 Å². The van der Waals surface area contributed by atoms with Crippen molar-refractivity contribution < 1.29 is 4.79 Å². The van der Waals surface area contributed by atoms with Crippen molar-refractivity contribution in [2.24, 2.45) is 5.73 Å². The number of amides is 1. The fraction of sp³-hybridized carbons (Fsp3) is 0.400. The highest BCUT2D eigenvalue weighted by Gasteiger charge is 2.15. The lowest BCUT2D eigenvalue weighted by atomic mass is 10.2. The molecule has 1 unspecified atom stereocenters. The van der Waals surface area contributed by atoms with Gasteiger partial charge in [-0.25, -0.2) is 0 Å². The average Bonchev–Trinajstić information content (AvgIpc) is 2.29. The maximum Gasteiger partial charge on any atom is 0.242 e. The van der Waals surface area contributed by atoms with E-state index in [9.17, 15) is 4.79 Å². The van der Waals surface area contributed by atoms with Crippen LogP contribution in [0.4, 0.5) is 5.82 Å². The summed E-state index contributed by atoms with van der Waals surface area (Å²) in [6, 6.07) is 1.22. The van der Waals surface area contributed by atoms with Gasteiger partial charge in [-0.1, -0.05) is 12.2 Å². The molecule has 0 fully saturated rings. The van der Waals surface area contributed by atoms with Crippen LogP contribution in [0, 0.1) is 0 Å². The highest BCUT2D eigenvalue weighted by atomic mass is 32.1. The summed E-state index contributed by atoms with van der Waals surface area (Å²) in [7, 11) is 0.